The van der Waals surface area contributed by atoms with E-state index in [0.29, 0.717) is 28.1 Å². The highest BCUT2D eigenvalue weighted by molar-refractivity contribution is 5.94. The Morgan fingerprint density at radius 1 is 0.966 bits per heavy atom. The van der Waals surface area contributed by atoms with Crippen molar-refractivity contribution < 1.29 is 13.9 Å². The molecule has 5 heteroatoms. The summed E-state index contributed by atoms with van der Waals surface area (Å²) in [5.74, 6) is 0.345. The first-order valence-corrected chi connectivity index (χ1v) is 9.19. The molecule has 0 spiro atoms. The lowest BCUT2D eigenvalue weighted by Crippen LogP contribution is -2.15. The van der Waals surface area contributed by atoms with Crippen molar-refractivity contribution in [1.29, 1.82) is 0 Å². The zero-order chi connectivity index (χ0) is 20.2. The van der Waals surface area contributed by atoms with Crippen LogP contribution >= 0.6 is 0 Å². The molecule has 29 heavy (non-hydrogen) atoms. The Balaban J connectivity index is 1.67. The summed E-state index contributed by atoms with van der Waals surface area (Å²) in [6.45, 7) is 0. The van der Waals surface area contributed by atoms with Gasteiger partial charge in [-0.3, -0.25) is 4.79 Å². The first-order chi connectivity index (χ1) is 14.1. The van der Waals surface area contributed by atoms with Crippen molar-refractivity contribution in [3.05, 3.63) is 94.8 Å². The molecular formula is C24H19NO4. The molecule has 0 radical (unpaired) electrons. The van der Waals surface area contributed by atoms with Crippen LogP contribution in [0.15, 0.2) is 88.1 Å². The highest BCUT2D eigenvalue weighted by Crippen LogP contribution is 2.30. The summed E-state index contributed by atoms with van der Waals surface area (Å²) in [4.78, 5) is 25.0. The zero-order valence-corrected chi connectivity index (χ0v) is 15.8. The van der Waals surface area contributed by atoms with Crippen molar-refractivity contribution in [2.75, 3.05) is 12.4 Å². The molecule has 0 aliphatic rings. The van der Waals surface area contributed by atoms with E-state index in [2.05, 4.69) is 5.32 Å². The lowest BCUT2D eigenvalue weighted by molar-refractivity contribution is -0.115. The molecule has 0 aliphatic heterocycles. The molecule has 0 unspecified atom stereocenters. The number of carbonyl (C=O) groups is 1. The number of hydrogen-bond acceptors (Lipinski definition) is 4. The number of ether oxygens (including phenoxy) is 1. The topological polar surface area (TPSA) is 68.5 Å². The molecule has 1 heterocycles. The summed E-state index contributed by atoms with van der Waals surface area (Å²) in [6, 6.07) is 23.8. The lowest BCUT2D eigenvalue weighted by atomic mass is 10.0. The number of anilines is 1. The number of benzene rings is 3. The molecule has 1 amide bonds. The van der Waals surface area contributed by atoms with Crippen LogP contribution in [0.5, 0.6) is 5.75 Å². The van der Waals surface area contributed by atoms with Crippen molar-refractivity contribution in [1.82, 2.24) is 0 Å². The molecule has 0 saturated heterocycles. The minimum Gasteiger partial charge on any atom is -0.495 e. The van der Waals surface area contributed by atoms with Gasteiger partial charge >= 0.3 is 5.63 Å². The fourth-order valence-corrected chi connectivity index (χ4v) is 3.21. The van der Waals surface area contributed by atoms with E-state index in [1.165, 1.54) is 7.11 Å². The maximum Gasteiger partial charge on any atom is 0.344 e. The fourth-order valence-electron chi connectivity index (χ4n) is 3.21. The third kappa shape index (κ3) is 4.04. The highest BCUT2D eigenvalue weighted by Gasteiger charge is 2.13. The second kappa shape index (κ2) is 8.02. The molecule has 0 aliphatic carbocycles. The van der Waals surface area contributed by atoms with Crippen LogP contribution < -0.4 is 15.7 Å². The molecule has 1 N–H and O–H groups in total. The molecule has 1 aromatic heterocycles. The number of nitrogens with one attached hydrogen (secondary N) is 1. The van der Waals surface area contributed by atoms with E-state index in [4.69, 9.17) is 9.15 Å². The summed E-state index contributed by atoms with van der Waals surface area (Å²) in [5, 5.41) is 3.71. The quantitative estimate of drug-likeness (QED) is 0.508. The van der Waals surface area contributed by atoms with E-state index in [-0.39, 0.29) is 12.3 Å². The van der Waals surface area contributed by atoms with Gasteiger partial charge in [-0.2, -0.15) is 0 Å². The van der Waals surface area contributed by atoms with Crippen LogP contribution in [0.4, 0.5) is 5.69 Å². The Labute approximate surface area is 167 Å². The number of hydrogen-bond donors (Lipinski definition) is 1. The Kier molecular flexibility index (Phi) is 5.12. The lowest BCUT2D eigenvalue weighted by Gasteiger charge is -2.12. The van der Waals surface area contributed by atoms with Crippen molar-refractivity contribution in [3.63, 3.8) is 0 Å². The van der Waals surface area contributed by atoms with Crippen LogP contribution in [0.2, 0.25) is 0 Å². The third-order valence-corrected chi connectivity index (χ3v) is 4.63. The number of carbonyl (C=O) groups excluding carboxylic acids is 1. The van der Waals surface area contributed by atoms with Crippen LogP contribution in [0.25, 0.3) is 22.1 Å². The highest BCUT2D eigenvalue weighted by atomic mass is 16.5. The van der Waals surface area contributed by atoms with Gasteiger partial charge in [0.05, 0.1) is 24.8 Å². The maximum absolute atomic E-state index is 12.5. The summed E-state index contributed by atoms with van der Waals surface area (Å²) < 4.78 is 10.8. The van der Waals surface area contributed by atoms with Gasteiger partial charge in [0.2, 0.25) is 5.91 Å². The van der Waals surface area contributed by atoms with E-state index in [1.54, 1.807) is 30.3 Å². The van der Waals surface area contributed by atoms with Crippen LogP contribution in [-0.2, 0) is 11.2 Å². The molecule has 3 aromatic carbocycles. The van der Waals surface area contributed by atoms with E-state index < -0.39 is 5.63 Å². The number of para-hydroxylation sites is 1. The molecule has 0 bridgehead atoms. The fraction of sp³-hybridized carbons (Fsp3) is 0.0833. The second-order valence-corrected chi connectivity index (χ2v) is 6.61. The number of methoxy groups -OCH3 is 1. The van der Waals surface area contributed by atoms with Gasteiger partial charge in [-0.15, -0.1) is 0 Å². The number of fused-ring (bicyclic) bond motifs is 1. The van der Waals surface area contributed by atoms with Crippen molar-refractivity contribution >= 4 is 22.6 Å². The van der Waals surface area contributed by atoms with Crippen LogP contribution in [-0.4, -0.2) is 13.0 Å². The van der Waals surface area contributed by atoms with E-state index in [1.807, 2.05) is 48.5 Å². The Hall–Kier alpha value is -3.86. The van der Waals surface area contributed by atoms with Crippen LogP contribution in [0.1, 0.15) is 5.56 Å². The molecule has 4 rings (SSSR count). The molecule has 0 fully saturated rings. The minimum absolute atomic E-state index is 0.169. The van der Waals surface area contributed by atoms with Gasteiger partial charge in [0, 0.05) is 5.39 Å². The van der Waals surface area contributed by atoms with Gasteiger partial charge in [0.1, 0.15) is 11.3 Å². The Bertz CT molecular complexity index is 1230. The Morgan fingerprint density at radius 3 is 2.52 bits per heavy atom. The monoisotopic (exact) mass is 385 g/mol. The van der Waals surface area contributed by atoms with Gasteiger partial charge in [-0.1, -0.05) is 54.6 Å². The van der Waals surface area contributed by atoms with Crippen LogP contribution in [0, 0.1) is 0 Å². The molecule has 0 atom stereocenters. The number of amides is 1. The predicted molar refractivity (Wildman–Crippen MR) is 113 cm³/mol. The van der Waals surface area contributed by atoms with E-state index >= 15 is 0 Å². The largest absolute Gasteiger partial charge is 0.495 e. The predicted octanol–water partition coefficient (Wildman–Crippen LogP) is 4.65. The maximum atomic E-state index is 12.5. The molecule has 4 aromatic rings. The van der Waals surface area contributed by atoms with E-state index in [9.17, 15) is 9.59 Å². The van der Waals surface area contributed by atoms with Gasteiger partial charge in [0.15, 0.2) is 0 Å². The van der Waals surface area contributed by atoms with Crippen LogP contribution in [0.3, 0.4) is 0 Å². The molecule has 0 saturated carbocycles. The molecule has 144 valence electrons. The van der Waals surface area contributed by atoms with Gasteiger partial charge in [-0.05, 0) is 35.4 Å². The summed E-state index contributed by atoms with van der Waals surface area (Å²) in [7, 11) is 1.53. The smallest absolute Gasteiger partial charge is 0.344 e. The second-order valence-electron chi connectivity index (χ2n) is 6.61. The third-order valence-electron chi connectivity index (χ3n) is 4.63. The van der Waals surface area contributed by atoms with Gasteiger partial charge in [0.25, 0.3) is 0 Å². The van der Waals surface area contributed by atoms with Crippen molar-refractivity contribution in [2.45, 2.75) is 6.42 Å². The summed E-state index contributed by atoms with van der Waals surface area (Å²) >= 11 is 0. The SMILES string of the molecule is COc1ccc(-c2cc3ccccc3oc2=O)cc1NC(=O)Cc1ccccc1. The van der Waals surface area contributed by atoms with Gasteiger partial charge in [-0.25, -0.2) is 4.79 Å². The first kappa shape index (κ1) is 18.5. The van der Waals surface area contributed by atoms with Gasteiger partial charge < -0.3 is 14.5 Å². The first-order valence-electron chi connectivity index (χ1n) is 9.19. The average Bonchev–Trinajstić information content (AvgIpc) is 2.74. The minimum atomic E-state index is -0.435. The van der Waals surface area contributed by atoms with Crippen molar-refractivity contribution in [2.24, 2.45) is 0 Å². The standard InChI is InChI=1S/C24H19NO4/c1-28-22-12-11-17(19-14-18-9-5-6-10-21(18)29-24(19)27)15-20(22)25-23(26)13-16-7-3-2-4-8-16/h2-12,14-15H,13H2,1H3,(H,25,26). The molecule has 5 nitrogen and oxygen atoms in total. The summed E-state index contributed by atoms with van der Waals surface area (Å²) in [5.41, 5.74) is 2.57. The van der Waals surface area contributed by atoms with E-state index in [0.717, 1.165) is 10.9 Å². The summed E-state index contributed by atoms with van der Waals surface area (Å²) in [6.07, 6.45) is 0.242. The van der Waals surface area contributed by atoms with Crippen molar-refractivity contribution in [3.8, 4) is 16.9 Å². The normalized spacial score (nSPS) is 10.7. The Morgan fingerprint density at radius 2 is 1.72 bits per heavy atom. The average molecular weight is 385 g/mol. The zero-order valence-electron chi connectivity index (χ0n) is 15.8. The number of rotatable bonds is 5. The molecular weight excluding hydrogens is 366 g/mol.